The second kappa shape index (κ2) is 6.06. The minimum atomic E-state index is 0.0360. The van der Waals surface area contributed by atoms with Gasteiger partial charge in [0.2, 0.25) is 0 Å². The molecule has 0 amide bonds. The Hall–Kier alpha value is -0.890. The topological polar surface area (TPSA) is 26.3 Å². The fourth-order valence-electron chi connectivity index (χ4n) is 8.34. The second-order valence-electron chi connectivity index (χ2n) is 9.74. The first kappa shape index (κ1) is 17.2. The van der Waals surface area contributed by atoms with E-state index in [2.05, 4.69) is 26.0 Å². The molecule has 3 saturated carbocycles. The number of hydrogen-bond donors (Lipinski definition) is 0. The smallest absolute Gasteiger partial charge is 0.155 e. The minimum absolute atomic E-state index is 0.0360. The average Bonchev–Trinajstić information content (AvgIpc) is 3.27. The van der Waals surface area contributed by atoms with Gasteiger partial charge in [-0.1, -0.05) is 38.0 Å². The van der Waals surface area contributed by atoms with Gasteiger partial charge in [0.1, 0.15) is 0 Å². The van der Waals surface area contributed by atoms with Gasteiger partial charge in [0.15, 0.2) is 5.78 Å². The van der Waals surface area contributed by atoms with Crippen LogP contribution >= 0.6 is 0 Å². The van der Waals surface area contributed by atoms with Gasteiger partial charge in [-0.15, -0.1) is 0 Å². The normalized spacial score (nSPS) is 49.7. The molecule has 0 saturated heterocycles. The predicted molar refractivity (Wildman–Crippen MR) is 104 cm³/mol. The van der Waals surface area contributed by atoms with E-state index in [1.165, 1.54) is 50.5 Å². The van der Waals surface area contributed by atoms with Crippen molar-refractivity contribution in [1.29, 1.82) is 0 Å². The van der Waals surface area contributed by atoms with Crippen molar-refractivity contribution in [3.63, 3.8) is 0 Å². The lowest BCUT2D eigenvalue weighted by Crippen LogP contribution is -2.55. The summed E-state index contributed by atoms with van der Waals surface area (Å²) in [6.07, 6.45) is 17.6. The van der Waals surface area contributed by atoms with E-state index in [1.807, 2.05) is 6.08 Å². The van der Waals surface area contributed by atoms with Crippen LogP contribution < -0.4 is 0 Å². The van der Waals surface area contributed by atoms with E-state index in [0.29, 0.717) is 17.1 Å². The second-order valence-corrected chi connectivity index (χ2v) is 9.74. The summed E-state index contributed by atoms with van der Waals surface area (Å²) in [7, 11) is 0. The van der Waals surface area contributed by atoms with Gasteiger partial charge in [-0.2, -0.15) is 0 Å². The SMILES string of the molecule is CC[C@H]1CC2=CC(=O)CC[C@@H]2C2CC[C@@]3(CC)C(CC[C@@]34C=CCO4)C21. The molecule has 3 unspecified atom stereocenters. The monoisotopic (exact) mass is 354 g/mol. The zero-order chi connectivity index (χ0) is 17.9. The highest BCUT2D eigenvalue weighted by atomic mass is 16.5. The van der Waals surface area contributed by atoms with E-state index in [9.17, 15) is 4.79 Å². The molecule has 0 radical (unpaired) electrons. The number of ether oxygens (including phenoxy) is 1. The summed E-state index contributed by atoms with van der Waals surface area (Å²) < 4.78 is 6.47. The highest BCUT2D eigenvalue weighted by Gasteiger charge is 2.65. The number of carbonyl (C=O) groups excluding carboxylic acids is 1. The van der Waals surface area contributed by atoms with Crippen LogP contribution in [-0.2, 0) is 9.53 Å². The van der Waals surface area contributed by atoms with Gasteiger partial charge in [0.05, 0.1) is 12.2 Å². The minimum Gasteiger partial charge on any atom is -0.366 e. The molecule has 1 spiro atoms. The van der Waals surface area contributed by atoms with Crippen LogP contribution in [0.25, 0.3) is 0 Å². The third-order valence-corrected chi connectivity index (χ3v) is 9.33. The maximum absolute atomic E-state index is 12.0. The molecular weight excluding hydrogens is 320 g/mol. The van der Waals surface area contributed by atoms with Crippen LogP contribution in [0.15, 0.2) is 23.8 Å². The van der Waals surface area contributed by atoms with E-state index in [1.54, 1.807) is 0 Å². The molecule has 3 fully saturated rings. The molecule has 142 valence electrons. The molecule has 0 aromatic carbocycles. The van der Waals surface area contributed by atoms with Crippen molar-refractivity contribution in [2.24, 2.45) is 35.0 Å². The molecule has 0 bridgehead atoms. The molecule has 1 aliphatic heterocycles. The Morgan fingerprint density at radius 2 is 2.08 bits per heavy atom. The summed E-state index contributed by atoms with van der Waals surface area (Å²) in [6, 6.07) is 0. The summed E-state index contributed by atoms with van der Waals surface area (Å²) >= 11 is 0. The molecule has 7 atom stereocenters. The third kappa shape index (κ3) is 2.11. The maximum Gasteiger partial charge on any atom is 0.155 e. The molecule has 2 nitrogen and oxygen atoms in total. The first-order valence-electron chi connectivity index (χ1n) is 11.2. The third-order valence-electron chi connectivity index (χ3n) is 9.33. The molecule has 0 N–H and O–H groups in total. The Balaban J connectivity index is 1.54. The zero-order valence-electron chi connectivity index (χ0n) is 16.5. The van der Waals surface area contributed by atoms with Crippen molar-refractivity contribution < 1.29 is 9.53 Å². The molecule has 4 aliphatic carbocycles. The van der Waals surface area contributed by atoms with Crippen LogP contribution in [0.2, 0.25) is 0 Å². The van der Waals surface area contributed by atoms with Crippen LogP contribution in [0.1, 0.15) is 71.6 Å². The molecule has 5 aliphatic rings. The Bertz CT molecular complexity index is 661. The number of hydrogen-bond acceptors (Lipinski definition) is 2. The van der Waals surface area contributed by atoms with Gasteiger partial charge in [-0.25, -0.2) is 0 Å². The van der Waals surface area contributed by atoms with Gasteiger partial charge in [-0.3, -0.25) is 4.79 Å². The lowest BCUT2D eigenvalue weighted by Gasteiger charge is -2.59. The van der Waals surface area contributed by atoms with Gasteiger partial charge in [-0.05, 0) is 80.6 Å². The standard InChI is InChI=1S/C24H34O2/c1-3-16-14-17-15-18(25)6-7-19(17)20-8-11-23(4-2)21(22(16)20)9-12-24(23)10-5-13-26-24/h5,10,15-16,19-22H,3-4,6-9,11-14H2,1-2H3/t16-,19-,20?,21?,22?,23-,24-/m0/s1. The Kier molecular flexibility index (Phi) is 4.01. The summed E-state index contributed by atoms with van der Waals surface area (Å²) in [5, 5.41) is 0. The number of fused-ring (bicyclic) bond motifs is 6. The van der Waals surface area contributed by atoms with Crippen LogP contribution in [0.3, 0.4) is 0 Å². The van der Waals surface area contributed by atoms with Gasteiger partial charge < -0.3 is 4.74 Å². The first-order valence-corrected chi connectivity index (χ1v) is 11.2. The van der Waals surface area contributed by atoms with Crippen molar-refractivity contribution >= 4 is 5.78 Å². The van der Waals surface area contributed by atoms with E-state index >= 15 is 0 Å². The van der Waals surface area contributed by atoms with E-state index in [4.69, 9.17) is 4.74 Å². The fraction of sp³-hybridized carbons (Fsp3) is 0.792. The predicted octanol–water partition coefficient (Wildman–Crippen LogP) is 5.48. The molecule has 1 heterocycles. The quantitative estimate of drug-likeness (QED) is 0.614. The van der Waals surface area contributed by atoms with Crippen molar-refractivity contribution in [2.75, 3.05) is 6.61 Å². The maximum atomic E-state index is 12.0. The largest absolute Gasteiger partial charge is 0.366 e. The van der Waals surface area contributed by atoms with Crippen LogP contribution in [0, 0.1) is 35.0 Å². The van der Waals surface area contributed by atoms with E-state index in [-0.39, 0.29) is 5.60 Å². The van der Waals surface area contributed by atoms with Gasteiger partial charge in [0, 0.05) is 11.8 Å². The van der Waals surface area contributed by atoms with Crippen LogP contribution in [0.5, 0.6) is 0 Å². The van der Waals surface area contributed by atoms with Crippen LogP contribution in [0.4, 0.5) is 0 Å². The summed E-state index contributed by atoms with van der Waals surface area (Å²) in [5.41, 5.74) is 1.91. The van der Waals surface area contributed by atoms with Crippen molar-refractivity contribution in [2.45, 2.75) is 77.2 Å². The lowest BCUT2D eigenvalue weighted by molar-refractivity contribution is -0.134. The average molecular weight is 355 g/mol. The molecule has 0 aromatic rings. The summed E-state index contributed by atoms with van der Waals surface area (Å²) in [4.78, 5) is 12.0. The van der Waals surface area contributed by atoms with E-state index < -0.39 is 0 Å². The zero-order valence-corrected chi connectivity index (χ0v) is 16.5. The molecule has 26 heavy (non-hydrogen) atoms. The number of rotatable bonds is 2. The molecule has 5 rings (SSSR count). The fourth-order valence-corrected chi connectivity index (χ4v) is 8.34. The van der Waals surface area contributed by atoms with Gasteiger partial charge in [0.25, 0.3) is 0 Å². The molecule has 0 aromatic heterocycles. The highest BCUT2D eigenvalue weighted by Crippen LogP contribution is 2.69. The van der Waals surface area contributed by atoms with Crippen molar-refractivity contribution in [1.82, 2.24) is 0 Å². The van der Waals surface area contributed by atoms with Crippen LogP contribution in [-0.4, -0.2) is 18.0 Å². The summed E-state index contributed by atoms with van der Waals surface area (Å²) in [6.45, 7) is 5.62. The van der Waals surface area contributed by atoms with Gasteiger partial charge >= 0.3 is 0 Å². The lowest BCUT2D eigenvalue weighted by atomic mass is 9.47. The number of ketones is 1. The summed E-state index contributed by atoms with van der Waals surface area (Å²) in [5.74, 6) is 4.34. The van der Waals surface area contributed by atoms with E-state index in [0.717, 1.165) is 43.1 Å². The van der Waals surface area contributed by atoms with Crippen molar-refractivity contribution in [3.05, 3.63) is 23.8 Å². The Morgan fingerprint density at radius 3 is 2.81 bits per heavy atom. The Morgan fingerprint density at radius 1 is 1.19 bits per heavy atom. The first-order chi connectivity index (χ1) is 12.6. The van der Waals surface area contributed by atoms with Crippen molar-refractivity contribution in [3.8, 4) is 0 Å². The highest BCUT2D eigenvalue weighted by molar-refractivity contribution is 5.91. The number of allylic oxidation sites excluding steroid dienone is 1. The Labute approximate surface area is 158 Å². The molecular formula is C24H34O2. The molecule has 2 heteroatoms. The number of carbonyl (C=O) groups is 1.